The van der Waals surface area contributed by atoms with E-state index in [2.05, 4.69) is 12.7 Å². The Hall–Kier alpha value is -1.84. The van der Waals surface area contributed by atoms with Crippen molar-refractivity contribution >= 4 is 11.9 Å². The van der Waals surface area contributed by atoms with Crippen molar-refractivity contribution in [1.82, 2.24) is 0 Å². The fourth-order valence-corrected chi connectivity index (χ4v) is 2.95. The molecule has 0 spiro atoms. The van der Waals surface area contributed by atoms with E-state index in [-0.39, 0.29) is 18.0 Å². The highest BCUT2D eigenvalue weighted by molar-refractivity contribution is 5.91. The lowest BCUT2D eigenvalue weighted by Crippen LogP contribution is -2.32. The van der Waals surface area contributed by atoms with E-state index in [1.807, 2.05) is 19.9 Å². The van der Waals surface area contributed by atoms with Crippen molar-refractivity contribution in [3.8, 4) is 0 Å². The Kier molecular flexibility index (Phi) is 4.66. The summed E-state index contributed by atoms with van der Waals surface area (Å²) < 4.78 is 10.9. The van der Waals surface area contributed by atoms with Crippen LogP contribution in [0.25, 0.3) is 0 Å². The Bertz CT molecular complexity index is 527. The molecule has 21 heavy (non-hydrogen) atoms. The molecule has 0 aromatic carbocycles. The third-order valence-corrected chi connectivity index (χ3v) is 3.98. The van der Waals surface area contributed by atoms with Gasteiger partial charge in [-0.15, -0.1) is 0 Å². The molecule has 0 amide bonds. The lowest BCUT2D eigenvalue weighted by Gasteiger charge is -2.26. The van der Waals surface area contributed by atoms with E-state index in [1.54, 1.807) is 0 Å². The minimum absolute atomic E-state index is 0.308. The van der Waals surface area contributed by atoms with Crippen LogP contribution in [0.1, 0.15) is 40.0 Å². The topological polar surface area (TPSA) is 52.6 Å². The van der Waals surface area contributed by atoms with Crippen molar-refractivity contribution in [1.29, 1.82) is 0 Å². The van der Waals surface area contributed by atoms with E-state index in [0.717, 1.165) is 18.4 Å². The number of fused-ring (bicyclic) bond motifs is 1. The zero-order valence-corrected chi connectivity index (χ0v) is 12.8. The molecule has 0 aromatic heterocycles. The molecule has 1 unspecified atom stereocenters. The number of carbonyl (C=O) groups is 2. The molecule has 0 bridgehead atoms. The molecule has 0 radical (unpaired) electrons. The molecule has 1 saturated heterocycles. The van der Waals surface area contributed by atoms with Gasteiger partial charge < -0.3 is 9.47 Å². The van der Waals surface area contributed by atoms with Gasteiger partial charge in [-0.05, 0) is 32.8 Å². The van der Waals surface area contributed by atoms with E-state index in [9.17, 15) is 9.59 Å². The molecule has 2 aliphatic rings. The Balaban J connectivity index is 2.39. The Labute approximate surface area is 125 Å². The van der Waals surface area contributed by atoms with Gasteiger partial charge in [-0.25, -0.2) is 4.79 Å². The molecule has 114 valence electrons. The van der Waals surface area contributed by atoms with Gasteiger partial charge in [-0.2, -0.15) is 0 Å². The van der Waals surface area contributed by atoms with Crippen molar-refractivity contribution in [3.63, 3.8) is 0 Å². The fraction of sp³-hybridized carbons (Fsp3) is 0.529. The second-order valence-electron chi connectivity index (χ2n) is 5.88. The number of hydrogen-bond donors (Lipinski definition) is 0. The van der Waals surface area contributed by atoms with Crippen LogP contribution in [-0.2, 0) is 19.1 Å². The molecular weight excluding hydrogens is 268 g/mol. The summed E-state index contributed by atoms with van der Waals surface area (Å²) in [6, 6.07) is 0. The van der Waals surface area contributed by atoms with Gasteiger partial charge in [-0.1, -0.05) is 23.8 Å². The largest absolute Gasteiger partial charge is 0.461 e. The zero-order valence-electron chi connectivity index (χ0n) is 12.8. The SMILES string of the molecule is C=C1C(=O)OC2/C=C(\C)CC/C=C(\C)C[C@@H](OC(C)=O)[C@@H]12. The van der Waals surface area contributed by atoms with E-state index >= 15 is 0 Å². The second-order valence-corrected chi connectivity index (χ2v) is 5.88. The van der Waals surface area contributed by atoms with Gasteiger partial charge in [0, 0.05) is 18.9 Å². The van der Waals surface area contributed by atoms with Gasteiger partial charge in [0.25, 0.3) is 0 Å². The molecule has 0 saturated carbocycles. The Morgan fingerprint density at radius 1 is 1.38 bits per heavy atom. The van der Waals surface area contributed by atoms with Crippen molar-refractivity contribution in [2.75, 3.05) is 0 Å². The number of allylic oxidation sites excluding steroid dienone is 2. The predicted molar refractivity (Wildman–Crippen MR) is 79.4 cm³/mol. The lowest BCUT2D eigenvalue weighted by molar-refractivity contribution is -0.149. The first kappa shape index (κ1) is 15.5. The van der Waals surface area contributed by atoms with Gasteiger partial charge in [0.1, 0.15) is 12.2 Å². The first-order chi connectivity index (χ1) is 9.88. The molecular formula is C17H22O4. The first-order valence-electron chi connectivity index (χ1n) is 7.28. The summed E-state index contributed by atoms with van der Waals surface area (Å²) >= 11 is 0. The summed E-state index contributed by atoms with van der Waals surface area (Å²) in [6.45, 7) is 9.27. The summed E-state index contributed by atoms with van der Waals surface area (Å²) in [5, 5.41) is 0. The number of rotatable bonds is 1. The normalized spacial score (nSPS) is 34.9. The van der Waals surface area contributed by atoms with Crippen LogP contribution in [0.15, 0.2) is 35.5 Å². The zero-order chi connectivity index (χ0) is 15.6. The molecule has 1 aliphatic carbocycles. The third kappa shape index (κ3) is 3.63. The summed E-state index contributed by atoms with van der Waals surface area (Å²) in [4.78, 5) is 23.2. The van der Waals surface area contributed by atoms with E-state index in [4.69, 9.17) is 9.47 Å². The second kappa shape index (κ2) is 6.29. The van der Waals surface area contributed by atoms with Gasteiger partial charge in [0.05, 0.1) is 5.92 Å². The first-order valence-corrected chi connectivity index (χ1v) is 7.28. The van der Waals surface area contributed by atoms with E-state index in [1.165, 1.54) is 12.5 Å². The lowest BCUT2D eigenvalue weighted by atomic mass is 9.85. The van der Waals surface area contributed by atoms with Crippen molar-refractivity contribution in [2.24, 2.45) is 5.92 Å². The van der Waals surface area contributed by atoms with Crippen LogP contribution in [0.4, 0.5) is 0 Å². The minimum Gasteiger partial charge on any atom is -0.461 e. The van der Waals surface area contributed by atoms with Gasteiger partial charge in [0.2, 0.25) is 0 Å². The number of carbonyl (C=O) groups excluding carboxylic acids is 2. The van der Waals surface area contributed by atoms with Crippen LogP contribution >= 0.6 is 0 Å². The summed E-state index contributed by atoms with van der Waals surface area (Å²) in [7, 11) is 0. The molecule has 1 heterocycles. The third-order valence-electron chi connectivity index (χ3n) is 3.98. The van der Waals surface area contributed by atoms with Gasteiger partial charge in [-0.3, -0.25) is 4.79 Å². The van der Waals surface area contributed by atoms with Gasteiger partial charge in [0.15, 0.2) is 0 Å². The van der Waals surface area contributed by atoms with Crippen LogP contribution in [-0.4, -0.2) is 24.1 Å². The molecule has 1 fully saturated rings. The fourth-order valence-electron chi connectivity index (χ4n) is 2.95. The molecule has 4 heteroatoms. The molecule has 0 N–H and O–H groups in total. The number of esters is 2. The summed E-state index contributed by atoms with van der Waals surface area (Å²) in [6.07, 6.45) is 5.80. The molecule has 1 aliphatic heterocycles. The smallest absolute Gasteiger partial charge is 0.334 e. The monoisotopic (exact) mass is 290 g/mol. The average Bonchev–Trinajstić information content (AvgIpc) is 2.62. The highest BCUT2D eigenvalue weighted by Crippen LogP contribution is 2.36. The molecule has 2 rings (SSSR count). The highest BCUT2D eigenvalue weighted by Gasteiger charge is 2.44. The average molecular weight is 290 g/mol. The van der Waals surface area contributed by atoms with Crippen LogP contribution in [0.2, 0.25) is 0 Å². The number of hydrogen-bond acceptors (Lipinski definition) is 4. The minimum atomic E-state index is -0.412. The van der Waals surface area contributed by atoms with Crippen LogP contribution in [0, 0.1) is 5.92 Å². The van der Waals surface area contributed by atoms with Crippen molar-refractivity contribution in [2.45, 2.75) is 52.2 Å². The van der Waals surface area contributed by atoms with Gasteiger partial charge >= 0.3 is 11.9 Å². The Morgan fingerprint density at radius 3 is 2.76 bits per heavy atom. The Morgan fingerprint density at radius 2 is 2.10 bits per heavy atom. The number of ether oxygens (including phenoxy) is 2. The maximum atomic E-state index is 11.9. The predicted octanol–water partition coefficient (Wildman–Crippen LogP) is 3.09. The summed E-state index contributed by atoms with van der Waals surface area (Å²) in [5.74, 6) is -1.05. The standard InChI is InChI=1S/C17H22O4/c1-10-6-5-7-11(2)9-15-16(12(3)17(19)21-15)14(8-10)20-13(4)18/h6,9,14-16H,3,5,7-8H2,1-2,4H3/b10-6+,11-9+/t14-,15?,16-/m1/s1. The molecule has 3 atom stereocenters. The van der Waals surface area contributed by atoms with Crippen molar-refractivity contribution in [3.05, 3.63) is 35.5 Å². The molecule has 0 aromatic rings. The highest BCUT2D eigenvalue weighted by atomic mass is 16.6. The quantitative estimate of drug-likeness (QED) is 0.423. The van der Waals surface area contributed by atoms with Crippen LogP contribution in [0.5, 0.6) is 0 Å². The van der Waals surface area contributed by atoms with Crippen LogP contribution < -0.4 is 0 Å². The van der Waals surface area contributed by atoms with E-state index in [0.29, 0.717) is 12.0 Å². The van der Waals surface area contributed by atoms with E-state index < -0.39 is 12.1 Å². The molecule has 4 nitrogen and oxygen atoms in total. The van der Waals surface area contributed by atoms with Crippen LogP contribution in [0.3, 0.4) is 0 Å². The van der Waals surface area contributed by atoms with Crippen molar-refractivity contribution < 1.29 is 19.1 Å². The maximum absolute atomic E-state index is 11.9. The summed E-state index contributed by atoms with van der Waals surface area (Å²) in [5.41, 5.74) is 2.71. The maximum Gasteiger partial charge on any atom is 0.334 e.